The quantitative estimate of drug-likeness (QED) is 0.815. The fourth-order valence-electron chi connectivity index (χ4n) is 1.65. The van der Waals surface area contributed by atoms with Crippen LogP contribution in [0.5, 0.6) is 0 Å². The second-order valence-electron chi connectivity index (χ2n) is 4.45. The number of amides is 1. The molecule has 9 heteroatoms. The average molecular weight is 394 g/mol. The Morgan fingerprint density at radius 2 is 1.57 bits per heavy atom. The van der Waals surface area contributed by atoms with Gasteiger partial charge in [0.2, 0.25) is 15.9 Å². The molecule has 2 aromatic carbocycles. The number of hydrogen-bond acceptors (Lipinski definition) is 3. The predicted molar refractivity (Wildman–Crippen MR) is 91.7 cm³/mol. The zero-order valence-electron chi connectivity index (χ0n) is 11.5. The summed E-state index contributed by atoms with van der Waals surface area (Å²) in [5.74, 6) is -0.577. The van der Waals surface area contributed by atoms with Crippen LogP contribution < -0.4 is 10.0 Å². The summed E-state index contributed by atoms with van der Waals surface area (Å²) in [4.78, 5) is 11.9. The van der Waals surface area contributed by atoms with Crippen LogP contribution in [0, 0.1) is 0 Å². The van der Waals surface area contributed by atoms with Gasteiger partial charge in [-0.2, -0.15) is 0 Å². The number of carbonyl (C=O) groups excluding carboxylic acids is 1. The highest BCUT2D eigenvalue weighted by Gasteiger charge is 2.16. The van der Waals surface area contributed by atoms with E-state index < -0.39 is 22.5 Å². The van der Waals surface area contributed by atoms with E-state index in [1.807, 2.05) is 0 Å². The molecule has 0 aliphatic heterocycles. The molecule has 0 aliphatic carbocycles. The van der Waals surface area contributed by atoms with Crippen LogP contribution in [0.3, 0.4) is 0 Å². The van der Waals surface area contributed by atoms with Crippen LogP contribution in [0.2, 0.25) is 15.1 Å². The maximum absolute atomic E-state index is 12.0. The molecule has 23 heavy (non-hydrogen) atoms. The molecule has 0 atom stereocenters. The van der Waals surface area contributed by atoms with Gasteiger partial charge < -0.3 is 5.32 Å². The third-order valence-corrected chi connectivity index (χ3v) is 4.98. The number of carbonyl (C=O) groups is 1. The molecule has 5 nitrogen and oxygen atoms in total. The molecule has 0 saturated heterocycles. The van der Waals surface area contributed by atoms with Crippen LogP contribution in [0.1, 0.15) is 0 Å². The van der Waals surface area contributed by atoms with Gasteiger partial charge >= 0.3 is 0 Å². The first-order chi connectivity index (χ1) is 10.8. The largest absolute Gasteiger partial charge is 0.324 e. The van der Waals surface area contributed by atoms with Gasteiger partial charge in [-0.05, 0) is 42.5 Å². The summed E-state index contributed by atoms with van der Waals surface area (Å²) in [6.07, 6.45) is 0. The molecule has 0 fully saturated rings. The van der Waals surface area contributed by atoms with Crippen molar-refractivity contribution in [2.45, 2.75) is 4.90 Å². The maximum Gasteiger partial charge on any atom is 0.241 e. The Balaban J connectivity index is 2.01. The molecule has 0 aliphatic rings. The molecule has 2 rings (SSSR count). The topological polar surface area (TPSA) is 75.3 Å². The Labute approximate surface area is 148 Å². The molecular formula is C14H11Cl3N2O3S. The molecule has 2 aromatic rings. The second kappa shape index (κ2) is 7.51. The predicted octanol–water partition coefficient (Wildman–Crippen LogP) is 3.56. The molecule has 0 aromatic heterocycles. The Morgan fingerprint density at radius 3 is 2.22 bits per heavy atom. The summed E-state index contributed by atoms with van der Waals surface area (Å²) < 4.78 is 26.3. The summed E-state index contributed by atoms with van der Waals surface area (Å²) in [5, 5.41) is 3.58. The van der Waals surface area contributed by atoms with Gasteiger partial charge in [0.15, 0.2) is 0 Å². The first-order valence-corrected chi connectivity index (χ1v) is 8.90. The second-order valence-corrected chi connectivity index (χ2v) is 7.50. The highest BCUT2D eigenvalue weighted by molar-refractivity contribution is 7.89. The van der Waals surface area contributed by atoms with Crippen molar-refractivity contribution in [1.29, 1.82) is 0 Å². The molecule has 1 amide bonds. The zero-order valence-corrected chi connectivity index (χ0v) is 14.6. The number of sulfonamides is 1. The fraction of sp³-hybridized carbons (Fsp3) is 0.0714. The van der Waals surface area contributed by atoms with E-state index in [-0.39, 0.29) is 4.90 Å². The summed E-state index contributed by atoms with van der Waals surface area (Å²) in [7, 11) is -3.81. The van der Waals surface area contributed by atoms with Crippen molar-refractivity contribution in [2.75, 3.05) is 11.9 Å². The summed E-state index contributed by atoms with van der Waals surface area (Å²) >= 11 is 17.4. The summed E-state index contributed by atoms with van der Waals surface area (Å²) in [6.45, 7) is -0.451. The Morgan fingerprint density at radius 1 is 0.957 bits per heavy atom. The van der Waals surface area contributed by atoms with Crippen molar-refractivity contribution in [3.05, 3.63) is 57.5 Å². The lowest BCUT2D eigenvalue weighted by atomic mass is 10.3. The normalized spacial score (nSPS) is 11.3. The van der Waals surface area contributed by atoms with E-state index in [9.17, 15) is 13.2 Å². The highest BCUT2D eigenvalue weighted by Crippen LogP contribution is 2.25. The van der Waals surface area contributed by atoms with Crippen LogP contribution >= 0.6 is 34.8 Å². The molecule has 0 spiro atoms. The van der Waals surface area contributed by atoms with Crippen LogP contribution in [0.15, 0.2) is 47.4 Å². The van der Waals surface area contributed by atoms with Gasteiger partial charge in [0.05, 0.1) is 22.2 Å². The zero-order chi connectivity index (χ0) is 17.0. The van der Waals surface area contributed by atoms with Gasteiger partial charge in [-0.15, -0.1) is 0 Å². The monoisotopic (exact) mass is 392 g/mol. The molecule has 2 N–H and O–H groups in total. The van der Waals surface area contributed by atoms with E-state index in [2.05, 4.69) is 10.0 Å². The van der Waals surface area contributed by atoms with E-state index >= 15 is 0 Å². The Kier molecular flexibility index (Phi) is 5.89. The van der Waals surface area contributed by atoms with E-state index in [4.69, 9.17) is 34.8 Å². The average Bonchev–Trinajstić information content (AvgIpc) is 2.49. The van der Waals surface area contributed by atoms with Crippen molar-refractivity contribution in [1.82, 2.24) is 4.72 Å². The third kappa shape index (κ3) is 5.09. The van der Waals surface area contributed by atoms with Crippen LogP contribution in [-0.2, 0) is 14.8 Å². The van der Waals surface area contributed by atoms with Gasteiger partial charge in [0.25, 0.3) is 0 Å². The minimum absolute atomic E-state index is 0.00971. The van der Waals surface area contributed by atoms with Crippen molar-refractivity contribution >= 4 is 56.4 Å². The first kappa shape index (κ1) is 18.0. The van der Waals surface area contributed by atoms with Crippen molar-refractivity contribution in [3.63, 3.8) is 0 Å². The molecule has 0 heterocycles. The number of halogens is 3. The molecular weight excluding hydrogens is 383 g/mol. The lowest BCUT2D eigenvalue weighted by molar-refractivity contribution is -0.115. The molecule has 0 saturated carbocycles. The van der Waals surface area contributed by atoms with Gasteiger partial charge in [-0.25, -0.2) is 13.1 Å². The number of anilines is 1. The van der Waals surface area contributed by atoms with Gasteiger partial charge in [0, 0.05) is 10.0 Å². The number of hydrogen-bond donors (Lipinski definition) is 2. The smallest absolute Gasteiger partial charge is 0.241 e. The Hall–Kier alpha value is -1.31. The number of benzene rings is 2. The fourth-order valence-corrected chi connectivity index (χ4v) is 3.09. The first-order valence-electron chi connectivity index (χ1n) is 6.28. The summed E-state index contributed by atoms with van der Waals surface area (Å²) in [5.41, 5.74) is 0.301. The highest BCUT2D eigenvalue weighted by atomic mass is 35.5. The van der Waals surface area contributed by atoms with Gasteiger partial charge in [0.1, 0.15) is 0 Å². The molecule has 0 unspecified atom stereocenters. The maximum atomic E-state index is 12.0. The van der Waals surface area contributed by atoms with E-state index in [1.165, 1.54) is 36.4 Å². The SMILES string of the molecule is O=C(CNS(=O)(=O)c1ccc(Cl)cc1)Nc1cc(Cl)ccc1Cl. The molecule has 122 valence electrons. The van der Waals surface area contributed by atoms with Gasteiger partial charge in [-0.1, -0.05) is 34.8 Å². The number of nitrogens with one attached hydrogen (secondary N) is 2. The number of rotatable bonds is 5. The molecule has 0 bridgehead atoms. The van der Waals surface area contributed by atoms with E-state index in [0.717, 1.165) is 0 Å². The van der Waals surface area contributed by atoms with E-state index in [1.54, 1.807) is 6.07 Å². The van der Waals surface area contributed by atoms with Crippen molar-refractivity contribution < 1.29 is 13.2 Å². The van der Waals surface area contributed by atoms with Crippen molar-refractivity contribution in [2.24, 2.45) is 0 Å². The lowest BCUT2D eigenvalue weighted by Crippen LogP contribution is -2.32. The van der Waals surface area contributed by atoms with Gasteiger partial charge in [-0.3, -0.25) is 4.79 Å². The lowest BCUT2D eigenvalue weighted by Gasteiger charge is -2.09. The third-order valence-electron chi connectivity index (χ3n) is 2.75. The van der Waals surface area contributed by atoms with Crippen LogP contribution in [0.4, 0.5) is 5.69 Å². The van der Waals surface area contributed by atoms with Crippen LogP contribution in [0.25, 0.3) is 0 Å². The minimum atomic E-state index is -3.81. The Bertz CT molecular complexity index is 824. The van der Waals surface area contributed by atoms with Crippen molar-refractivity contribution in [3.8, 4) is 0 Å². The summed E-state index contributed by atoms with van der Waals surface area (Å²) in [6, 6.07) is 10.1. The van der Waals surface area contributed by atoms with Crippen LogP contribution in [-0.4, -0.2) is 20.9 Å². The minimum Gasteiger partial charge on any atom is -0.324 e. The standard InChI is InChI=1S/C14H11Cl3N2O3S/c15-9-1-4-11(5-2-9)23(21,22)18-8-14(20)19-13-7-10(16)3-6-12(13)17/h1-7,18H,8H2,(H,19,20). The molecule has 0 radical (unpaired) electrons. The van der Waals surface area contributed by atoms with E-state index in [0.29, 0.717) is 20.8 Å².